The van der Waals surface area contributed by atoms with Crippen molar-refractivity contribution in [2.75, 3.05) is 13.2 Å². The monoisotopic (exact) mass is 917 g/mol. The van der Waals surface area contributed by atoms with Gasteiger partial charge in [-0.15, -0.1) is 0 Å². The smallest absolute Gasteiger partial charge is 0.306 e. The summed E-state index contributed by atoms with van der Waals surface area (Å²) in [6.07, 6.45) is 71.3. The Kier molecular flexibility index (Phi) is 50.9. The van der Waals surface area contributed by atoms with Crippen molar-refractivity contribution in [2.24, 2.45) is 0 Å². The van der Waals surface area contributed by atoms with Gasteiger partial charge in [0.25, 0.3) is 0 Å². The quantitative estimate of drug-likeness (QED) is 0.0262. The van der Waals surface area contributed by atoms with Gasteiger partial charge < -0.3 is 14.2 Å². The third kappa shape index (κ3) is 51.3. The molecule has 0 amide bonds. The van der Waals surface area contributed by atoms with Crippen molar-refractivity contribution in [3.8, 4) is 0 Å². The third-order valence-electron chi connectivity index (χ3n) is 11.3. The zero-order valence-electron chi connectivity index (χ0n) is 42.9. The Hall–Kier alpha value is -3.67. The third-order valence-corrected chi connectivity index (χ3v) is 11.3. The minimum atomic E-state index is -0.815. The van der Waals surface area contributed by atoms with Gasteiger partial charge in [-0.2, -0.15) is 0 Å². The molecule has 0 saturated carbocycles. The molecule has 0 aliphatic carbocycles. The molecule has 0 spiro atoms. The molecule has 0 rings (SSSR count). The predicted octanol–water partition coefficient (Wildman–Crippen LogP) is 18.1. The first-order chi connectivity index (χ1) is 32.5. The van der Waals surface area contributed by atoms with Crippen LogP contribution in [0, 0.1) is 0 Å². The number of carbonyl (C=O) groups excluding carboxylic acids is 3. The maximum atomic E-state index is 12.8. The van der Waals surface area contributed by atoms with Crippen LogP contribution in [0.4, 0.5) is 0 Å². The van der Waals surface area contributed by atoms with Crippen LogP contribution in [0.2, 0.25) is 0 Å². The maximum absolute atomic E-state index is 12.8. The molecule has 1 unspecified atom stereocenters. The molecule has 0 N–H and O–H groups in total. The van der Waals surface area contributed by atoms with Crippen molar-refractivity contribution in [3.05, 3.63) is 97.2 Å². The fourth-order valence-corrected chi connectivity index (χ4v) is 7.33. The van der Waals surface area contributed by atoms with Gasteiger partial charge in [0, 0.05) is 19.3 Å². The van der Waals surface area contributed by atoms with Gasteiger partial charge >= 0.3 is 17.9 Å². The molecular formula is C60H100O6. The van der Waals surface area contributed by atoms with Crippen molar-refractivity contribution in [1.82, 2.24) is 0 Å². The van der Waals surface area contributed by atoms with E-state index in [2.05, 4.69) is 106 Å². The molecule has 376 valence electrons. The molecule has 0 aromatic heterocycles. The van der Waals surface area contributed by atoms with Crippen LogP contribution in [0.15, 0.2) is 97.2 Å². The molecule has 0 aliphatic rings. The summed E-state index contributed by atoms with van der Waals surface area (Å²) in [7, 11) is 0. The van der Waals surface area contributed by atoms with E-state index in [1.54, 1.807) is 0 Å². The molecule has 0 saturated heterocycles. The van der Waals surface area contributed by atoms with Crippen LogP contribution in [0.1, 0.15) is 245 Å². The van der Waals surface area contributed by atoms with Gasteiger partial charge in [-0.25, -0.2) is 0 Å². The van der Waals surface area contributed by atoms with Crippen molar-refractivity contribution >= 4 is 17.9 Å². The van der Waals surface area contributed by atoms with E-state index in [0.717, 1.165) is 89.9 Å². The molecule has 0 heterocycles. The fraction of sp³-hybridized carbons (Fsp3) is 0.683. The molecular weight excluding hydrogens is 817 g/mol. The molecule has 0 fully saturated rings. The summed E-state index contributed by atoms with van der Waals surface area (Å²) in [6.45, 7) is 6.34. The number of carbonyl (C=O) groups is 3. The van der Waals surface area contributed by atoms with Crippen molar-refractivity contribution in [3.63, 3.8) is 0 Å². The van der Waals surface area contributed by atoms with E-state index in [4.69, 9.17) is 14.2 Å². The predicted molar refractivity (Wildman–Crippen MR) is 284 cm³/mol. The van der Waals surface area contributed by atoms with Crippen molar-refractivity contribution in [1.29, 1.82) is 0 Å². The largest absolute Gasteiger partial charge is 0.462 e. The van der Waals surface area contributed by atoms with Crippen LogP contribution < -0.4 is 0 Å². The Balaban J connectivity index is 4.36. The van der Waals surface area contributed by atoms with E-state index in [1.807, 2.05) is 12.2 Å². The van der Waals surface area contributed by atoms with Gasteiger partial charge in [-0.05, 0) is 83.5 Å². The average Bonchev–Trinajstić information content (AvgIpc) is 3.31. The van der Waals surface area contributed by atoms with Crippen LogP contribution in [-0.4, -0.2) is 37.2 Å². The van der Waals surface area contributed by atoms with E-state index >= 15 is 0 Å². The van der Waals surface area contributed by atoms with Crippen LogP contribution in [0.5, 0.6) is 0 Å². The van der Waals surface area contributed by atoms with E-state index in [1.165, 1.54) is 109 Å². The first-order valence-corrected chi connectivity index (χ1v) is 27.2. The average molecular weight is 917 g/mol. The second-order valence-electron chi connectivity index (χ2n) is 17.7. The number of allylic oxidation sites excluding steroid dienone is 16. The number of hydrogen-bond acceptors (Lipinski definition) is 6. The minimum absolute atomic E-state index is 0.106. The van der Waals surface area contributed by atoms with Crippen molar-refractivity contribution < 1.29 is 28.6 Å². The highest BCUT2D eigenvalue weighted by molar-refractivity contribution is 5.71. The maximum Gasteiger partial charge on any atom is 0.306 e. The number of ether oxygens (including phenoxy) is 3. The number of esters is 3. The molecule has 0 radical (unpaired) electrons. The lowest BCUT2D eigenvalue weighted by Gasteiger charge is -2.18. The standard InChI is InChI=1S/C60H100O6/c1-4-7-10-13-16-19-22-25-26-27-28-29-30-31-32-33-34-36-38-41-44-47-50-53-59(62)65-56-57(55-64-58(61)52-49-46-43-40-37-24-21-18-15-12-9-6-3)66-60(63)54-51-48-45-42-39-35-23-20-17-14-11-8-5-2/h7-8,10-11,16-17,19-20,25-26,28-29,35,39,45,48,57H,4-6,9,12-15,18,21-24,27,30-34,36-38,40-44,46-47,49-56H2,1-3H3/b10-7-,11-8-,19-16-,20-17-,26-25-,29-28-,39-35-,48-45-. The van der Waals surface area contributed by atoms with Crippen LogP contribution >= 0.6 is 0 Å². The van der Waals surface area contributed by atoms with Crippen LogP contribution in [-0.2, 0) is 28.6 Å². The normalized spacial score (nSPS) is 12.8. The number of hydrogen-bond donors (Lipinski definition) is 0. The van der Waals surface area contributed by atoms with E-state index in [9.17, 15) is 14.4 Å². The van der Waals surface area contributed by atoms with Crippen LogP contribution in [0.3, 0.4) is 0 Å². The lowest BCUT2D eigenvalue weighted by molar-refractivity contribution is -0.166. The van der Waals surface area contributed by atoms with E-state index in [-0.39, 0.29) is 31.6 Å². The zero-order valence-corrected chi connectivity index (χ0v) is 42.9. The topological polar surface area (TPSA) is 78.9 Å². The van der Waals surface area contributed by atoms with Gasteiger partial charge in [-0.1, -0.05) is 240 Å². The lowest BCUT2D eigenvalue weighted by Crippen LogP contribution is -2.30. The summed E-state index contributed by atoms with van der Waals surface area (Å²) < 4.78 is 16.7. The Morgan fingerprint density at radius 1 is 0.318 bits per heavy atom. The molecule has 1 atom stereocenters. The Labute approximate surface area is 407 Å². The summed E-state index contributed by atoms with van der Waals surface area (Å²) in [5.41, 5.74) is 0. The number of unbranched alkanes of at least 4 members (excludes halogenated alkanes) is 21. The zero-order chi connectivity index (χ0) is 47.9. The summed E-state index contributed by atoms with van der Waals surface area (Å²) >= 11 is 0. The van der Waals surface area contributed by atoms with E-state index in [0.29, 0.717) is 19.3 Å². The number of rotatable bonds is 48. The van der Waals surface area contributed by atoms with Crippen molar-refractivity contribution in [2.45, 2.75) is 252 Å². The first-order valence-electron chi connectivity index (χ1n) is 27.2. The molecule has 6 nitrogen and oxygen atoms in total. The van der Waals surface area contributed by atoms with Gasteiger partial charge in [0.2, 0.25) is 0 Å². The summed E-state index contributed by atoms with van der Waals surface area (Å²) in [4.78, 5) is 38.0. The van der Waals surface area contributed by atoms with Gasteiger partial charge in [0.05, 0.1) is 0 Å². The summed E-state index contributed by atoms with van der Waals surface area (Å²) in [5, 5.41) is 0. The second kappa shape index (κ2) is 53.9. The molecule has 0 aliphatic heterocycles. The second-order valence-corrected chi connectivity index (χ2v) is 17.7. The molecule has 0 aromatic carbocycles. The highest BCUT2D eigenvalue weighted by Gasteiger charge is 2.19. The Bertz CT molecular complexity index is 1330. The molecule has 0 aromatic rings. The molecule has 6 heteroatoms. The van der Waals surface area contributed by atoms with Gasteiger partial charge in [-0.3, -0.25) is 14.4 Å². The summed E-state index contributed by atoms with van der Waals surface area (Å²) in [5.74, 6) is -0.992. The SMILES string of the molecule is CC/C=C\C/C=C\C/C=C\C/C=C\CCCCCCCCCCCCC(=O)OCC(COC(=O)CCCCCCCCCCCCCC)OC(=O)CC/C=C\C/C=C\C/C=C\C/C=C\CC. The van der Waals surface area contributed by atoms with Gasteiger partial charge in [0.15, 0.2) is 6.10 Å². The molecule has 66 heavy (non-hydrogen) atoms. The molecule has 0 bridgehead atoms. The highest BCUT2D eigenvalue weighted by Crippen LogP contribution is 2.15. The minimum Gasteiger partial charge on any atom is -0.462 e. The summed E-state index contributed by atoms with van der Waals surface area (Å²) in [6, 6.07) is 0. The van der Waals surface area contributed by atoms with E-state index < -0.39 is 12.1 Å². The fourth-order valence-electron chi connectivity index (χ4n) is 7.33. The Morgan fingerprint density at radius 3 is 0.985 bits per heavy atom. The first kappa shape index (κ1) is 62.3. The Morgan fingerprint density at radius 2 is 0.621 bits per heavy atom. The van der Waals surface area contributed by atoms with Crippen LogP contribution in [0.25, 0.3) is 0 Å². The highest BCUT2D eigenvalue weighted by atomic mass is 16.6. The van der Waals surface area contributed by atoms with Gasteiger partial charge in [0.1, 0.15) is 13.2 Å². The lowest BCUT2D eigenvalue weighted by atomic mass is 10.0.